The fourth-order valence-electron chi connectivity index (χ4n) is 0.599. The third-order valence-electron chi connectivity index (χ3n) is 1.44. The van der Waals surface area contributed by atoms with E-state index >= 15 is 0 Å². The lowest BCUT2D eigenvalue weighted by Gasteiger charge is -2.45. The fourth-order valence-corrected chi connectivity index (χ4v) is 3.83. The van der Waals surface area contributed by atoms with Crippen LogP contribution < -0.4 is 0 Å². The third kappa shape index (κ3) is 3.44. The van der Waals surface area contributed by atoms with Crippen LogP contribution in [-0.4, -0.2) is 16.8 Å². The van der Waals surface area contributed by atoms with E-state index in [4.69, 9.17) is 128 Å². The highest BCUT2D eigenvalue weighted by molar-refractivity contribution is 6.81. The summed E-state index contributed by atoms with van der Waals surface area (Å²) in [5, 5.41) is 0. The van der Waals surface area contributed by atoms with Crippen LogP contribution in [0.25, 0.3) is 0 Å². The van der Waals surface area contributed by atoms with Crippen molar-refractivity contribution in [2.24, 2.45) is 0 Å². The summed E-state index contributed by atoms with van der Waals surface area (Å²) in [6, 6.07) is 0. The van der Waals surface area contributed by atoms with E-state index in [1.165, 1.54) is 0 Å². The van der Waals surface area contributed by atoms with Crippen molar-refractivity contribution in [2.45, 2.75) is 16.8 Å². The minimum absolute atomic E-state index is 0.662. The van der Waals surface area contributed by atoms with E-state index in [0.717, 1.165) is 0 Å². The predicted molar refractivity (Wildman–Crippen MR) is 78.5 cm³/mol. The van der Waals surface area contributed by atoms with E-state index in [1.54, 1.807) is 0 Å². The Hall–Kier alpha value is 3.19. The Kier molecular flexibility index (Phi) is 7.07. The highest BCUT2D eigenvalue weighted by Crippen LogP contribution is 2.66. The van der Waals surface area contributed by atoms with E-state index in [1.807, 2.05) is 0 Å². The van der Waals surface area contributed by atoms with Gasteiger partial charge in [0.05, 0.1) is 0 Å². The van der Waals surface area contributed by atoms with E-state index in [0.29, 0.717) is 0 Å². The molecule has 0 saturated heterocycles. The van der Waals surface area contributed by atoms with Crippen LogP contribution >= 0.6 is 128 Å². The zero-order chi connectivity index (χ0) is 13.6. The number of alkyl halides is 9. The first-order valence-corrected chi connectivity index (χ1v) is 7.24. The lowest BCUT2D eigenvalue weighted by molar-refractivity contribution is 0.586. The van der Waals surface area contributed by atoms with Gasteiger partial charge in [-0.25, -0.2) is 0 Å². The first-order chi connectivity index (χ1) is 6.69. The summed E-state index contributed by atoms with van der Waals surface area (Å²) in [5.74, 6) is 0. The van der Waals surface area contributed by atoms with E-state index in [9.17, 15) is 0 Å². The van der Waals surface area contributed by atoms with Crippen LogP contribution in [-0.2, 0) is 0 Å². The Morgan fingerprint density at radius 2 is 0.875 bits per heavy atom. The first-order valence-electron chi connectivity index (χ1n) is 3.08. The van der Waals surface area contributed by atoms with Gasteiger partial charge in [-0.05, 0) is 0 Å². The lowest BCUT2D eigenvalue weighted by Crippen LogP contribution is -2.59. The van der Waals surface area contributed by atoms with Crippen molar-refractivity contribution in [3.8, 4) is 0 Å². The highest BCUT2D eigenvalue weighted by atomic mass is 35.6. The summed E-state index contributed by atoms with van der Waals surface area (Å²) in [4.78, 5) is -2.99. The summed E-state index contributed by atoms with van der Waals surface area (Å²) in [7, 11) is 0. The van der Waals surface area contributed by atoms with Gasteiger partial charge in [0.1, 0.15) is 0 Å². The van der Waals surface area contributed by atoms with Crippen LogP contribution in [0.3, 0.4) is 0 Å². The highest BCUT2D eigenvalue weighted by Gasteiger charge is 2.71. The fraction of sp³-hybridized carbons (Fsp3) is 0.800. The van der Waals surface area contributed by atoms with Gasteiger partial charge >= 0.3 is 0 Å². The Labute approximate surface area is 148 Å². The summed E-state index contributed by atoms with van der Waals surface area (Å²) in [6.07, 6.45) is 0. The molecular weight excluding hydrogens is 450 g/mol. The second kappa shape index (κ2) is 5.90. The summed E-state index contributed by atoms with van der Waals surface area (Å²) >= 11 is 61.9. The van der Waals surface area contributed by atoms with E-state index < -0.39 is 21.6 Å². The second-order valence-corrected chi connectivity index (χ2v) is 9.89. The molecule has 1 unspecified atom stereocenters. The Morgan fingerprint density at radius 3 is 0.938 bits per heavy atom. The van der Waals surface area contributed by atoms with Crippen molar-refractivity contribution in [1.29, 1.82) is 0 Å². The molecule has 1 radical (unpaired) electrons. The monoisotopic (exact) mass is 445 g/mol. The van der Waals surface area contributed by atoms with Crippen LogP contribution in [0.1, 0.15) is 0 Å². The molecule has 0 heterocycles. The maximum absolute atomic E-state index is 5.91. The van der Waals surface area contributed by atoms with Gasteiger partial charge in [-0.15, -0.1) is 11.6 Å². The molecule has 0 aromatic carbocycles. The Bertz CT molecular complexity index is 246. The zero-order valence-electron chi connectivity index (χ0n) is 6.66. The van der Waals surface area contributed by atoms with Crippen LogP contribution in [0, 0.1) is 4.84 Å². The molecule has 0 aliphatic carbocycles. The standard InChI is InChI=1S/C5Cl11/c6-1(7)2(8,4(11,12)13)3(9,10)5(14,15)16. The van der Waals surface area contributed by atoms with Crippen molar-refractivity contribution in [3.63, 3.8) is 0 Å². The topological polar surface area (TPSA) is 0 Å². The van der Waals surface area contributed by atoms with Gasteiger partial charge in [-0.1, -0.05) is 116 Å². The molecule has 0 nitrogen and oxygen atoms in total. The van der Waals surface area contributed by atoms with Crippen LogP contribution in [0.15, 0.2) is 0 Å². The molecule has 0 N–H and O–H groups in total. The minimum atomic E-state index is -2.39. The third-order valence-corrected chi connectivity index (χ3v) is 6.85. The molecule has 0 rings (SSSR count). The van der Waals surface area contributed by atoms with Gasteiger partial charge in [-0.2, -0.15) is 0 Å². The molecule has 1 atom stereocenters. The molecule has 0 aliphatic heterocycles. The van der Waals surface area contributed by atoms with Crippen LogP contribution in [0.5, 0.6) is 0 Å². The average Bonchev–Trinajstić information content (AvgIpc) is 1.97. The molecule has 0 bridgehead atoms. The van der Waals surface area contributed by atoms with E-state index in [-0.39, 0.29) is 0 Å². The first kappa shape index (κ1) is 19.2. The van der Waals surface area contributed by atoms with Crippen LogP contribution in [0.4, 0.5) is 0 Å². The quantitative estimate of drug-likeness (QED) is 0.404. The van der Waals surface area contributed by atoms with Crippen molar-refractivity contribution < 1.29 is 0 Å². The van der Waals surface area contributed by atoms with Gasteiger partial charge in [0, 0.05) is 0 Å². The lowest BCUT2D eigenvalue weighted by atomic mass is 10.1. The predicted octanol–water partition coefficient (Wildman–Crippen LogP) is 6.85. The molecule has 16 heavy (non-hydrogen) atoms. The molecule has 97 valence electrons. The average molecular weight is 450 g/mol. The summed E-state index contributed by atoms with van der Waals surface area (Å²) < 4.78 is -7.02. The van der Waals surface area contributed by atoms with Gasteiger partial charge in [0.2, 0.25) is 7.59 Å². The minimum Gasteiger partial charge on any atom is -0.108 e. The SMILES string of the molecule is Cl[C](Cl)C(Cl)(C(Cl)(Cl)Cl)C(Cl)(Cl)C(Cl)(Cl)Cl. The number of hydrogen-bond donors (Lipinski definition) is 0. The molecule has 0 aromatic heterocycles. The van der Waals surface area contributed by atoms with Crippen molar-refractivity contribution >= 4 is 128 Å². The second-order valence-electron chi connectivity index (χ2n) is 2.49. The van der Waals surface area contributed by atoms with E-state index in [2.05, 4.69) is 0 Å². The van der Waals surface area contributed by atoms with Crippen molar-refractivity contribution in [3.05, 3.63) is 4.84 Å². The molecule has 0 saturated carbocycles. The molecule has 11 heteroatoms. The molecule has 0 amide bonds. The normalized spacial score (nSPS) is 18.8. The van der Waals surface area contributed by atoms with Gasteiger partial charge < -0.3 is 0 Å². The van der Waals surface area contributed by atoms with Crippen LogP contribution in [0.2, 0.25) is 0 Å². The smallest absolute Gasteiger partial charge is 0.108 e. The molecule has 0 spiro atoms. The Morgan fingerprint density at radius 1 is 0.562 bits per heavy atom. The Balaban J connectivity index is 5.75. The zero-order valence-corrected chi connectivity index (χ0v) is 15.0. The van der Waals surface area contributed by atoms with Gasteiger partial charge in [0.15, 0.2) is 14.0 Å². The largest absolute Gasteiger partial charge is 0.225 e. The molecule has 0 aromatic rings. The number of rotatable bonds is 2. The molecule has 0 fully saturated rings. The molecular formula is C5Cl11. The van der Waals surface area contributed by atoms with Gasteiger partial charge in [-0.3, -0.25) is 0 Å². The maximum Gasteiger partial charge on any atom is 0.225 e. The maximum atomic E-state index is 5.91. The van der Waals surface area contributed by atoms with Crippen molar-refractivity contribution in [1.82, 2.24) is 0 Å². The van der Waals surface area contributed by atoms with Crippen molar-refractivity contribution in [2.75, 3.05) is 0 Å². The van der Waals surface area contributed by atoms with Gasteiger partial charge in [0.25, 0.3) is 0 Å². The molecule has 0 aliphatic rings. The number of hydrogen-bond acceptors (Lipinski definition) is 0. The number of halogens is 11. The summed E-state index contributed by atoms with van der Waals surface area (Å²) in [6.45, 7) is 0. The summed E-state index contributed by atoms with van der Waals surface area (Å²) in [5.41, 5.74) is 0.